The molecule has 7 heteroatoms. The van der Waals surface area contributed by atoms with Crippen molar-refractivity contribution in [1.29, 1.82) is 0 Å². The molecule has 0 fully saturated rings. The molecular weight excluding hydrogens is 264 g/mol. The van der Waals surface area contributed by atoms with Crippen molar-refractivity contribution in [3.8, 4) is 0 Å². The first-order chi connectivity index (χ1) is 8.86. The van der Waals surface area contributed by atoms with E-state index in [1.54, 1.807) is 0 Å². The Morgan fingerprint density at radius 3 is 2.68 bits per heavy atom. The minimum atomic E-state index is -4.47. The van der Waals surface area contributed by atoms with Gasteiger partial charge in [0.2, 0.25) is 0 Å². The number of hydrogen-bond donors (Lipinski definition) is 1. The normalized spacial score (nSPS) is 19.2. The highest BCUT2D eigenvalue weighted by Gasteiger charge is 2.31. The minimum absolute atomic E-state index is 0.0236. The summed E-state index contributed by atoms with van der Waals surface area (Å²) in [6.45, 7) is 0.284. The predicted molar refractivity (Wildman–Crippen MR) is 61.1 cm³/mol. The SMILES string of the molecule is NC1=NC(CCc2cc(C(F)(F)F)ccc2F)CO1. The van der Waals surface area contributed by atoms with E-state index in [4.69, 9.17) is 10.5 Å². The van der Waals surface area contributed by atoms with E-state index in [2.05, 4.69) is 4.99 Å². The molecule has 1 unspecified atom stereocenters. The minimum Gasteiger partial charge on any atom is -0.463 e. The van der Waals surface area contributed by atoms with Gasteiger partial charge in [-0.05, 0) is 36.6 Å². The van der Waals surface area contributed by atoms with Gasteiger partial charge in [-0.3, -0.25) is 0 Å². The van der Waals surface area contributed by atoms with Crippen molar-refractivity contribution in [2.24, 2.45) is 10.7 Å². The third kappa shape index (κ3) is 3.36. The summed E-state index contributed by atoms with van der Waals surface area (Å²) in [4.78, 5) is 3.93. The molecule has 0 amide bonds. The third-order valence-electron chi connectivity index (χ3n) is 2.85. The van der Waals surface area contributed by atoms with Crippen LogP contribution in [0.3, 0.4) is 0 Å². The molecule has 19 heavy (non-hydrogen) atoms. The monoisotopic (exact) mass is 276 g/mol. The van der Waals surface area contributed by atoms with Gasteiger partial charge in [-0.1, -0.05) is 0 Å². The number of benzene rings is 1. The Balaban J connectivity index is 2.07. The van der Waals surface area contributed by atoms with Gasteiger partial charge in [0.25, 0.3) is 6.02 Å². The number of amidine groups is 1. The Kier molecular flexibility index (Phi) is 3.64. The average Bonchev–Trinajstić information content (AvgIpc) is 2.72. The van der Waals surface area contributed by atoms with Gasteiger partial charge >= 0.3 is 6.18 Å². The second-order valence-corrected chi connectivity index (χ2v) is 4.27. The van der Waals surface area contributed by atoms with E-state index in [-0.39, 0.29) is 30.7 Å². The number of halogens is 4. The van der Waals surface area contributed by atoms with Crippen molar-refractivity contribution in [1.82, 2.24) is 0 Å². The molecule has 3 nitrogen and oxygen atoms in total. The van der Waals surface area contributed by atoms with Crippen molar-refractivity contribution >= 4 is 6.02 Å². The summed E-state index contributed by atoms with van der Waals surface area (Å²) in [6.07, 6.45) is -3.93. The second-order valence-electron chi connectivity index (χ2n) is 4.27. The van der Waals surface area contributed by atoms with Gasteiger partial charge in [0.05, 0.1) is 11.6 Å². The fraction of sp³-hybridized carbons (Fsp3) is 0.417. The Morgan fingerprint density at radius 2 is 2.11 bits per heavy atom. The number of nitrogens with two attached hydrogens (primary N) is 1. The molecule has 1 aromatic rings. The Morgan fingerprint density at radius 1 is 1.37 bits per heavy atom. The highest BCUT2D eigenvalue weighted by Crippen LogP contribution is 2.30. The van der Waals surface area contributed by atoms with Crippen LogP contribution >= 0.6 is 0 Å². The Labute approximate surface area is 107 Å². The quantitative estimate of drug-likeness (QED) is 0.862. The molecule has 1 aliphatic heterocycles. The Bertz CT molecular complexity index is 499. The van der Waals surface area contributed by atoms with Crippen molar-refractivity contribution in [2.45, 2.75) is 25.1 Å². The predicted octanol–water partition coefficient (Wildman–Crippen LogP) is 2.49. The van der Waals surface area contributed by atoms with Gasteiger partial charge in [-0.2, -0.15) is 13.2 Å². The first kappa shape index (κ1) is 13.6. The molecule has 104 valence electrons. The zero-order valence-electron chi connectivity index (χ0n) is 9.88. The maximum Gasteiger partial charge on any atom is 0.416 e. The van der Waals surface area contributed by atoms with E-state index >= 15 is 0 Å². The lowest BCUT2D eigenvalue weighted by molar-refractivity contribution is -0.137. The fourth-order valence-corrected chi connectivity index (χ4v) is 1.85. The second kappa shape index (κ2) is 5.07. The summed E-state index contributed by atoms with van der Waals surface area (Å²) in [5, 5.41) is 0. The first-order valence-electron chi connectivity index (χ1n) is 5.68. The molecule has 2 rings (SSSR count). The summed E-state index contributed by atoms with van der Waals surface area (Å²) >= 11 is 0. The summed E-state index contributed by atoms with van der Waals surface area (Å²) in [7, 11) is 0. The summed E-state index contributed by atoms with van der Waals surface area (Å²) in [6, 6.07) is 2.23. The smallest absolute Gasteiger partial charge is 0.416 e. The molecule has 0 radical (unpaired) electrons. The topological polar surface area (TPSA) is 47.6 Å². The summed E-state index contributed by atoms with van der Waals surface area (Å²) in [5.41, 5.74) is 4.48. The van der Waals surface area contributed by atoms with Crippen LogP contribution in [0.4, 0.5) is 17.6 Å². The number of rotatable bonds is 3. The van der Waals surface area contributed by atoms with Crippen LogP contribution in [0.15, 0.2) is 23.2 Å². The zero-order chi connectivity index (χ0) is 14.0. The Hall–Kier alpha value is -1.79. The highest BCUT2D eigenvalue weighted by molar-refractivity contribution is 5.72. The van der Waals surface area contributed by atoms with Gasteiger partial charge in [0.1, 0.15) is 12.4 Å². The lowest BCUT2D eigenvalue weighted by Crippen LogP contribution is -2.11. The largest absolute Gasteiger partial charge is 0.463 e. The highest BCUT2D eigenvalue weighted by atomic mass is 19.4. The van der Waals surface area contributed by atoms with Crippen LogP contribution in [0.5, 0.6) is 0 Å². The van der Waals surface area contributed by atoms with Gasteiger partial charge in [-0.15, -0.1) is 0 Å². The van der Waals surface area contributed by atoms with Crippen LogP contribution in [-0.4, -0.2) is 18.7 Å². The van der Waals surface area contributed by atoms with E-state index < -0.39 is 17.6 Å². The van der Waals surface area contributed by atoms with Crippen LogP contribution in [0.2, 0.25) is 0 Å². The number of alkyl halides is 3. The molecular formula is C12H12F4N2O. The van der Waals surface area contributed by atoms with E-state index in [0.29, 0.717) is 6.42 Å². The molecule has 2 N–H and O–H groups in total. The molecule has 0 bridgehead atoms. The number of aliphatic imine (C=N–C) groups is 1. The molecule has 0 aromatic heterocycles. The van der Waals surface area contributed by atoms with E-state index in [0.717, 1.165) is 18.2 Å². The van der Waals surface area contributed by atoms with E-state index in [1.807, 2.05) is 0 Å². The van der Waals surface area contributed by atoms with Crippen LogP contribution in [0.1, 0.15) is 17.5 Å². The molecule has 0 saturated heterocycles. The van der Waals surface area contributed by atoms with Gasteiger partial charge in [0.15, 0.2) is 0 Å². The average molecular weight is 276 g/mol. The standard InChI is InChI=1S/C12H12F4N2O/c13-10-4-2-8(12(14,15)16)5-7(10)1-3-9-6-19-11(17)18-9/h2,4-5,9H,1,3,6H2,(H2,17,18). The van der Waals surface area contributed by atoms with Crippen molar-refractivity contribution in [3.05, 3.63) is 35.1 Å². The van der Waals surface area contributed by atoms with Gasteiger partial charge in [-0.25, -0.2) is 9.38 Å². The van der Waals surface area contributed by atoms with Crippen LogP contribution in [0.25, 0.3) is 0 Å². The fourth-order valence-electron chi connectivity index (χ4n) is 1.85. The maximum absolute atomic E-state index is 13.4. The van der Waals surface area contributed by atoms with Gasteiger partial charge in [0, 0.05) is 0 Å². The summed E-state index contributed by atoms with van der Waals surface area (Å²) < 4.78 is 55.9. The third-order valence-corrected chi connectivity index (χ3v) is 2.85. The van der Waals surface area contributed by atoms with Crippen molar-refractivity contribution in [2.75, 3.05) is 6.61 Å². The van der Waals surface area contributed by atoms with Gasteiger partial charge < -0.3 is 10.5 Å². The molecule has 0 spiro atoms. The molecule has 0 aliphatic carbocycles. The van der Waals surface area contributed by atoms with Crippen LogP contribution < -0.4 is 5.73 Å². The number of hydrogen-bond acceptors (Lipinski definition) is 3. The lowest BCUT2D eigenvalue weighted by atomic mass is 10.0. The zero-order valence-corrected chi connectivity index (χ0v) is 9.88. The lowest BCUT2D eigenvalue weighted by Gasteiger charge is -2.10. The number of ether oxygens (including phenoxy) is 1. The molecule has 1 atom stereocenters. The van der Waals surface area contributed by atoms with Crippen molar-refractivity contribution < 1.29 is 22.3 Å². The number of aryl methyl sites for hydroxylation is 1. The summed E-state index contributed by atoms with van der Waals surface area (Å²) in [5.74, 6) is -0.649. The maximum atomic E-state index is 13.4. The molecule has 1 heterocycles. The molecule has 0 saturated carbocycles. The first-order valence-corrected chi connectivity index (χ1v) is 5.68. The number of nitrogens with zero attached hydrogens (tertiary/aromatic N) is 1. The molecule has 1 aromatic carbocycles. The van der Waals surface area contributed by atoms with E-state index in [9.17, 15) is 17.6 Å². The molecule has 1 aliphatic rings. The van der Waals surface area contributed by atoms with Crippen LogP contribution in [-0.2, 0) is 17.3 Å². The van der Waals surface area contributed by atoms with E-state index in [1.165, 1.54) is 0 Å². The van der Waals surface area contributed by atoms with Crippen LogP contribution in [0, 0.1) is 5.82 Å². The van der Waals surface area contributed by atoms with Crippen molar-refractivity contribution in [3.63, 3.8) is 0 Å².